The average Bonchev–Trinajstić information content (AvgIpc) is 3.02. The number of hydrogen-bond acceptors (Lipinski definition) is 4. The van der Waals surface area contributed by atoms with Crippen LogP contribution in [-0.2, 0) is 16.1 Å². The van der Waals surface area contributed by atoms with Gasteiger partial charge in [-0.15, -0.1) is 0 Å². The van der Waals surface area contributed by atoms with Crippen molar-refractivity contribution < 1.29 is 13.9 Å². The molecule has 1 saturated carbocycles. The second-order valence-electron chi connectivity index (χ2n) is 3.82. The summed E-state index contributed by atoms with van der Waals surface area (Å²) < 4.78 is 9.84. The molecule has 0 atom stereocenters. The highest BCUT2D eigenvalue weighted by atomic mass is 16.5. The number of carbonyl (C=O) groups excluding carboxylic acids is 1. The first-order valence-electron chi connectivity index (χ1n) is 5.34. The monoisotopic (exact) mass is 221 g/mol. The highest BCUT2D eigenvalue weighted by molar-refractivity contribution is 5.81. The summed E-state index contributed by atoms with van der Waals surface area (Å²) in [5, 5.41) is 0. The molecule has 0 N–H and O–H groups in total. The van der Waals surface area contributed by atoms with Gasteiger partial charge in [0.2, 0.25) is 0 Å². The maximum absolute atomic E-state index is 11.0. The van der Waals surface area contributed by atoms with Crippen LogP contribution in [0.1, 0.15) is 18.6 Å². The lowest BCUT2D eigenvalue weighted by atomic mass is 10.4. The molecule has 0 spiro atoms. The van der Waals surface area contributed by atoms with E-state index >= 15 is 0 Å². The number of nitrogens with zero attached hydrogens (tertiary/aromatic N) is 1. The van der Waals surface area contributed by atoms with Gasteiger partial charge in [-0.05, 0) is 25.0 Å². The molecular weight excluding hydrogens is 206 g/mol. The molecule has 1 heterocycles. The largest absolute Gasteiger partial charge is 0.467 e. The van der Waals surface area contributed by atoms with Crippen molar-refractivity contribution in [2.24, 2.45) is 0 Å². The van der Waals surface area contributed by atoms with E-state index in [1.54, 1.807) is 12.5 Å². The zero-order chi connectivity index (χ0) is 11.4. The van der Waals surface area contributed by atoms with Crippen LogP contribution in [0.25, 0.3) is 0 Å². The van der Waals surface area contributed by atoms with Crippen molar-refractivity contribution in [3.05, 3.63) is 36.4 Å². The molecule has 2 rings (SSSR count). The van der Waals surface area contributed by atoms with Crippen LogP contribution < -0.4 is 0 Å². The molecule has 0 saturated heterocycles. The van der Waals surface area contributed by atoms with E-state index in [4.69, 9.17) is 4.42 Å². The van der Waals surface area contributed by atoms with Gasteiger partial charge in [0.05, 0.1) is 19.9 Å². The van der Waals surface area contributed by atoms with Crippen molar-refractivity contribution in [2.45, 2.75) is 25.4 Å². The molecule has 1 fully saturated rings. The zero-order valence-electron chi connectivity index (χ0n) is 9.26. The van der Waals surface area contributed by atoms with E-state index in [0.717, 1.165) is 5.76 Å². The maximum atomic E-state index is 11.0. The van der Waals surface area contributed by atoms with Gasteiger partial charge in [0.15, 0.2) is 0 Å². The van der Waals surface area contributed by atoms with Crippen LogP contribution in [0.15, 0.2) is 35.1 Å². The van der Waals surface area contributed by atoms with E-state index in [-0.39, 0.29) is 5.97 Å². The zero-order valence-corrected chi connectivity index (χ0v) is 9.26. The minimum atomic E-state index is -0.329. The normalized spacial score (nSPS) is 15.3. The standard InChI is InChI=1S/C12H15NO3/c1-15-12(14)6-7-13(10-4-5-10)9-11-3-2-8-16-11/h2-3,6-8,10H,4-5,9H2,1H3. The van der Waals surface area contributed by atoms with Crippen LogP contribution >= 0.6 is 0 Å². The van der Waals surface area contributed by atoms with E-state index in [1.807, 2.05) is 12.1 Å². The molecular formula is C12H15NO3. The quantitative estimate of drug-likeness (QED) is 0.563. The molecule has 1 aliphatic carbocycles. The van der Waals surface area contributed by atoms with Crippen LogP contribution in [0, 0.1) is 0 Å². The molecule has 1 aromatic heterocycles. The summed E-state index contributed by atoms with van der Waals surface area (Å²) in [6.07, 6.45) is 7.23. The number of esters is 1. The fraction of sp³-hybridized carbons (Fsp3) is 0.417. The minimum Gasteiger partial charge on any atom is -0.467 e. The number of methoxy groups -OCH3 is 1. The van der Waals surface area contributed by atoms with Gasteiger partial charge < -0.3 is 14.1 Å². The predicted molar refractivity (Wildman–Crippen MR) is 58.4 cm³/mol. The molecule has 4 nitrogen and oxygen atoms in total. The highest BCUT2D eigenvalue weighted by Gasteiger charge is 2.27. The topological polar surface area (TPSA) is 42.7 Å². The Morgan fingerprint density at radius 2 is 2.50 bits per heavy atom. The third kappa shape index (κ3) is 2.89. The smallest absolute Gasteiger partial charge is 0.331 e. The number of ether oxygens (including phenoxy) is 1. The van der Waals surface area contributed by atoms with E-state index < -0.39 is 0 Å². The lowest BCUT2D eigenvalue weighted by molar-refractivity contribution is -0.134. The summed E-state index contributed by atoms with van der Waals surface area (Å²) in [6, 6.07) is 4.33. The Hall–Kier alpha value is -1.71. The van der Waals surface area contributed by atoms with Gasteiger partial charge in [-0.2, -0.15) is 0 Å². The van der Waals surface area contributed by atoms with Crippen molar-refractivity contribution in [3.8, 4) is 0 Å². The Balaban J connectivity index is 1.95. The summed E-state index contributed by atoms with van der Waals surface area (Å²) in [5.74, 6) is 0.575. The summed E-state index contributed by atoms with van der Waals surface area (Å²) >= 11 is 0. The van der Waals surface area contributed by atoms with Gasteiger partial charge in [0.1, 0.15) is 5.76 Å². The summed E-state index contributed by atoms with van der Waals surface area (Å²) in [4.78, 5) is 13.1. The third-order valence-electron chi connectivity index (χ3n) is 2.54. The molecule has 0 aliphatic heterocycles. The number of hydrogen-bond donors (Lipinski definition) is 0. The Labute approximate surface area is 94.5 Å². The Kier molecular flexibility index (Phi) is 3.29. The highest BCUT2D eigenvalue weighted by Crippen LogP contribution is 2.28. The molecule has 4 heteroatoms. The first kappa shape index (κ1) is 10.8. The summed E-state index contributed by atoms with van der Waals surface area (Å²) in [7, 11) is 1.38. The first-order chi connectivity index (χ1) is 7.79. The summed E-state index contributed by atoms with van der Waals surface area (Å²) in [5.41, 5.74) is 0. The van der Waals surface area contributed by atoms with Gasteiger partial charge in [-0.3, -0.25) is 0 Å². The van der Waals surface area contributed by atoms with Crippen LogP contribution in [-0.4, -0.2) is 24.0 Å². The SMILES string of the molecule is COC(=O)C=CN(Cc1ccco1)C1CC1. The fourth-order valence-corrected chi connectivity index (χ4v) is 1.52. The van der Waals surface area contributed by atoms with Gasteiger partial charge in [-0.1, -0.05) is 0 Å². The lowest BCUT2D eigenvalue weighted by Gasteiger charge is -2.17. The van der Waals surface area contributed by atoms with Crippen molar-refractivity contribution in [1.29, 1.82) is 0 Å². The maximum Gasteiger partial charge on any atom is 0.331 e. The van der Waals surface area contributed by atoms with Crippen LogP contribution in [0.4, 0.5) is 0 Å². The Morgan fingerprint density at radius 1 is 1.69 bits per heavy atom. The molecule has 0 bridgehead atoms. The predicted octanol–water partition coefficient (Wildman–Crippen LogP) is 1.93. The Morgan fingerprint density at radius 3 is 3.06 bits per heavy atom. The van der Waals surface area contributed by atoms with Crippen molar-refractivity contribution in [2.75, 3.05) is 7.11 Å². The van der Waals surface area contributed by atoms with Crippen molar-refractivity contribution in [1.82, 2.24) is 4.90 Å². The molecule has 86 valence electrons. The van der Waals surface area contributed by atoms with Crippen molar-refractivity contribution >= 4 is 5.97 Å². The molecule has 1 aromatic rings. The van der Waals surface area contributed by atoms with Gasteiger partial charge in [0.25, 0.3) is 0 Å². The van der Waals surface area contributed by atoms with Crippen LogP contribution in [0.3, 0.4) is 0 Å². The third-order valence-corrected chi connectivity index (χ3v) is 2.54. The fourth-order valence-electron chi connectivity index (χ4n) is 1.52. The van der Waals surface area contributed by atoms with E-state index in [2.05, 4.69) is 9.64 Å². The van der Waals surface area contributed by atoms with E-state index in [0.29, 0.717) is 12.6 Å². The van der Waals surface area contributed by atoms with Gasteiger partial charge in [0, 0.05) is 18.3 Å². The van der Waals surface area contributed by atoms with E-state index in [1.165, 1.54) is 26.0 Å². The molecule has 16 heavy (non-hydrogen) atoms. The van der Waals surface area contributed by atoms with Crippen molar-refractivity contribution in [3.63, 3.8) is 0 Å². The average molecular weight is 221 g/mol. The summed E-state index contributed by atoms with van der Waals surface area (Å²) in [6.45, 7) is 0.700. The number of rotatable bonds is 5. The molecule has 0 radical (unpaired) electrons. The lowest BCUT2D eigenvalue weighted by Crippen LogP contribution is -2.19. The van der Waals surface area contributed by atoms with Gasteiger partial charge >= 0.3 is 5.97 Å². The number of carbonyl (C=O) groups is 1. The first-order valence-corrected chi connectivity index (χ1v) is 5.34. The van der Waals surface area contributed by atoms with E-state index in [9.17, 15) is 4.79 Å². The van der Waals surface area contributed by atoms with Crippen LogP contribution in [0.5, 0.6) is 0 Å². The molecule has 1 aliphatic rings. The number of furan rings is 1. The van der Waals surface area contributed by atoms with Crippen LogP contribution in [0.2, 0.25) is 0 Å². The second kappa shape index (κ2) is 4.88. The van der Waals surface area contributed by atoms with Gasteiger partial charge in [-0.25, -0.2) is 4.79 Å². The Bertz CT molecular complexity index is 366. The molecule has 0 aromatic carbocycles. The molecule has 0 unspecified atom stereocenters. The minimum absolute atomic E-state index is 0.329. The molecule has 0 amide bonds. The second-order valence-corrected chi connectivity index (χ2v) is 3.82.